The van der Waals surface area contributed by atoms with Crippen molar-refractivity contribution in [2.45, 2.75) is 50.9 Å². The van der Waals surface area contributed by atoms with Crippen molar-refractivity contribution in [2.75, 3.05) is 52.3 Å². The second kappa shape index (κ2) is 10.2. The van der Waals surface area contributed by atoms with Gasteiger partial charge in [-0.1, -0.05) is 0 Å². The van der Waals surface area contributed by atoms with Crippen molar-refractivity contribution < 1.29 is 9.47 Å². The molecule has 7 nitrogen and oxygen atoms in total. The van der Waals surface area contributed by atoms with E-state index in [0.29, 0.717) is 18.8 Å². The zero-order valence-corrected chi connectivity index (χ0v) is 17.6. The van der Waals surface area contributed by atoms with Crippen molar-refractivity contribution in [2.24, 2.45) is 4.99 Å². The van der Waals surface area contributed by atoms with Gasteiger partial charge in [-0.3, -0.25) is 4.99 Å². The van der Waals surface area contributed by atoms with E-state index in [1.54, 1.807) is 11.3 Å². The van der Waals surface area contributed by atoms with Gasteiger partial charge in [0.2, 0.25) is 0 Å². The van der Waals surface area contributed by atoms with Gasteiger partial charge in [-0.2, -0.15) is 0 Å². The molecule has 2 aliphatic rings. The van der Waals surface area contributed by atoms with Crippen molar-refractivity contribution in [1.82, 2.24) is 15.2 Å². The van der Waals surface area contributed by atoms with Gasteiger partial charge in [0.15, 0.2) is 11.1 Å². The average molecular weight is 396 g/mol. The lowest BCUT2D eigenvalue weighted by Crippen LogP contribution is -2.47. The number of hydrogen-bond donors (Lipinski definition) is 1. The SMILES string of the molecule is CN=C(NCc1csc(N(C)C)n1)N1CCC(OCC2CCCCO2)CC1. The van der Waals surface area contributed by atoms with E-state index in [0.717, 1.165) is 62.4 Å². The first-order chi connectivity index (χ1) is 13.2. The fourth-order valence-corrected chi connectivity index (χ4v) is 4.26. The van der Waals surface area contributed by atoms with E-state index in [1.807, 2.05) is 26.0 Å². The van der Waals surface area contributed by atoms with Crippen LogP contribution in [0.4, 0.5) is 5.13 Å². The first-order valence-corrected chi connectivity index (χ1v) is 10.8. The molecule has 1 aromatic heterocycles. The van der Waals surface area contributed by atoms with E-state index in [9.17, 15) is 0 Å². The third-order valence-electron chi connectivity index (χ3n) is 5.09. The molecule has 0 aromatic carbocycles. The van der Waals surface area contributed by atoms with Crippen LogP contribution in [0.15, 0.2) is 10.4 Å². The number of piperidine rings is 1. The summed E-state index contributed by atoms with van der Waals surface area (Å²) in [5.41, 5.74) is 1.05. The number of nitrogens with zero attached hydrogens (tertiary/aromatic N) is 4. The van der Waals surface area contributed by atoms with E-state index >= 15 is 0 Å². The number of nitrogens with one attached hydrogen (secondary N) is 1. The summed E-state index contributed by atoms with van der Waals surface area (Å²) in [6.07, 6.45) is 6.31. The van der Waals surface area contributed by atoms with Gasteiger partial charge in [-0.15, -0.1) is 11.3 Å². The fourth-order valence-electron chi connectivity index (χ4n) is 3.50. The quantitative estimate of drug-likeness (QED) is 0.589. The number of guanidine groups is 1. The molecule has 1 N–H and O–H groups in total. The van der Waals surface area contributed by atoms with E-state index in [2.05, 4.69) is 25.6 Å². The predicted octanol–water partition coefficient (Wildman–Crippen LogP) is 2.33. The summed E-state index contributed by atoms with van der Waals surface area (Å²) < 4.78 is 11.9. The fraction of sp³-hybridized carbons (Fsp3) is 0.789. The molecule has 3 heterocycles. The normalized spacial score (nSPS) is 22.1. The lowest BCUT2D eigenvalue weighted by Gasteiger charge is -2.35. The molecule has 0 saturated carbocycles. The Labute approximate surface area is 166 Å². The van der Waals surface area contributed by atoms with Crippen LogP contribution in [0.2, 0.25) is 0 Å². The summed E-state index contributed by atoms with van der Waals surface area (Å²) >= 11 is 1.66. The van der Waals surface area contributed by atoms with Crippen LogP contribution >= 0.6 is 11.3 Å². The van der Waals surface area contributed by atoms with Crippen molar-refractivity contribution in [3.8, 4) is 0 Å². The summed E-state index contributed by atoms with van der Waals surface area (Å²) in [5.74, 6) is 0.948. The van der Waals surface area contributed by atoms with Crippen molar-refractivity contribution in [3.63, 3.8) is 0 Å². The Hall–Kier alpha value is -1.38. The van der Waals surface area contributed by atoms with Gasteiger partial charge in [-0.05, 0) is 32.1 Å². The number of ether oxygens (including phenoxy) is 2. The highest BCUT2D eigenvalue weighted by atomic mass is 32.1. The summed E-state index contributed by atoms with van der Waals surface area (Å²) in [6, 6.07) is 0. The van der Waals surface area contributed by atoms with Crippen LogP contribution in [0.3, 0.4) is 0 Å². The molecular formula is C19H33N5O2S. The largest absolute Gasteiger partial charge is 0.376 e. The number of anilines is 1. The maximum atomic E-state index is 6.11. The Morgan fingerprint density at radius 1 is 1.37 bits per heavy atom. The molecule has 1 atom stereocenters. The third kappa shape index (κ3) is 6.05. The smallest absolute Gasteiger partial charge is 0.193 e. The number of likely N-dealkylation sites (tertiary alicyclic amines) is 1. The highest BCUT2D eigenvalue weighted by molar-refractivity contribution is 7.13. The van der Waals surface area contributed by atoms with Crippen LogP contribution in [0.5, 0.6) is 0 Å². The van der Waals surface area contributed by atoms with Crippen LogP contribution in [0.1, 0.15) is 37.8 Å². The Kier molecular flexibility index (Phi) is 7.72. The number of aromatic nitrogens is 1. The Balaban J connectivity index is 1.38. The molecule has 0 bridgehead atoms. The zero-order valence-electron chi connectivity index (χ0n) is 16.8. The van der Waals surface area contributed by atoms with E-state index < -0.39 is 0 Å². The monoisotopic (exact) mass is 395 g/mol. The summed E-state index contributed by atoms with van der Waals surface area (Å²) in [4.78, 5) is 13.4. The molecular weight excluding hydrogens is 362 g/mol. The van der Waals surface area contributed by atoms with Crippen molar-refractivity contribution in [1.29, 1.82) is 0 Å². The summed E-state index contributed by atoms with van der Waals surface area (Å²) in [6.45, 7) is 4.28. The Bertz CT molecular complexity index is 593. The van der Waals surface area contributed by atoms with E-state index in [4.69, 9.17) is 9.47 Å². The van der Waals surface area contributed by atoms with Gasteiger partial charge in [0.05, 0.1) is 31.1 Å². The van der Waals surface area contributed by atoms with Crippen LogP contribution in [-0.2, 0) is 16.0 Å². The second-order valence-electron chi connectivity index (χ2n) is 7.42. The minimum absolute atomic E-state index is 0.302. The minimum Gasteiger partial charge on any atom is -0.376 e. The molecule has 2 aliphatic heterocycles. The van der Waals surface area contributed by atoms with Crippen molar-refractivity contribution >= 4 is 22.4 Å². The average Bonchev–Trinajstić information content (AvgIpc) is 3.18. The van der Waals surface area contributed by atoms with Crippen LogP contribution in [0.25, 0.3) is 0 Å². The van der Waals surface area contributed by atoms with Gasteiger partial charge in [-0.25, -0.2) is 4.98 Å². The molecule has 8 heteroatoms. The Morgan fingerprint density at radius 2 is 2.19 bits per heavy atom. The number of thiazole rings is 1. The van der Waals surface area contributed by atoms with E-state index in [1.165, 1.54) is 12.8 Å². The highest BCUT2D eigenvalue weighted by Crippen LogP contribution is 2.19. The first-order valence-electron chi connectivity index (χ1n) is 9.96. The topological polar surface area (TPSA) is 62.2 Å². The zero-order chi connectivity index (χ0) is 19.1. The lowest BCUT2D eigenvalue weighted by atomic mass is 10.1. The van der Waals surface area contributed by atoms with Gasteiger partial charge in [0.1, 0.15) is 0 Å². The van der Waals surface area contributed by atoms with Gasteiger partial charge >= 0.3 is 0 Å². The standard InChI is InChI=1S/C19H33N5O2S/c1-20-18(21-12-15-14-27-19(22-15)23(2)3)24-9-7-16(8-10-24)26-13-17-6-4-5-11-25-17/h14,16-17H,4-13H2,1-3H3,(H,20,21). The van der Waals surface area contributed by atoms with Gasteiger partial charge < -0.3 is 24.6 Å². The minimum atomic E-state index is 0.302. The van der Waals surface area contributed by atoms with Gasteiger partial charge in [0, 0.05) is 46.2 Å². The molecule has 0 spiro atoms. The summed E-state index contributed by atoms with van der Waals surface area (Å²) in [5, 5.41) is 6.58. The predicted molar refractivity (Wildman–Crippen MR) is 111 cm³/mol. The molecule has 0 aliphatic carbocycles. The molecule has 3 rings (SSSR count). The Morgan fingerprint density at radius 3 is 2.81 bits per heavy atom. The number of aliphatic imine (C=N–C) groups is 1. The molecule has 2 fully saturated rings. The highest BCUT2D eigenvalue weighted by Gasteiger charge is 2.23. The second-order valence-corrected chi connectivity index (χ2v) is 8.26. The maximum absolute atomic E-state index is 6.11. The molecule has 0 radical (unpaired) electrons. The van der Waals surface area contributed by atoms with Crippen LogP contribution in [-0.4, -0.2) is 75.5 Å². The van der Waals surface area contributed by atoms with Crippen LogP contribution in [0, 0.1) is 0 Å². The maximum Gasteiger partial charge on any atom is 0.193 e. The van der Waals surface area contributed by atoms with E-state index in [-0.39, 0.29) is 0 Å². The molecule has 27 heavy (non-hydrogen) atoms. The number of rotatable bonds is 6. The lowest BCUT2D eigenvalue weighted by molar-refractivity contribution is -0.0721. The molecule has 1 aromatic rings. The third-order valence-corrected chi connectivity index (χ3v) is 6.15. The first kappa shape index (κ1) is 20.4. The molecule has 2 saturated heterocycles. The molecule has 1 unspecified atom stereocenters. The molecule has 152 valence electrons. The molecule has 0 amide bonds. The van der Waals surface area contributed by atoms with Gasteiger partial charge in [0.25, 0.3) is 0 Å². The van der Waals surface area contributed by atoms with Crippen molar-refractivity contribution in [3.05, 3.63) is 11.1 Å². The number of hydrogen-bond acceptors (Lipinski definition) is 6. The van der Waals surface area contributed by atoms with Crippen LogP contribution < -0.4 is 10.2 Å². The summed E-state index contributed by atoms with van der Waals surface area (Å²) in [7, 11) is 5.88.